The second-order valence-corrected chi connectivity index (χ2v) is 12.0. The number of nitrogens with zero attached hydrogens (tertiary/aromatic N) is 3. The van der Waals surface area contributed by atoms with Gasteiger partial charge in [-0.25, -0.2) is 18.0 Å². The lowest BCUT2D eigenvalue weighted by atomic mass is 10.0. The van der Waals surface area contributed by atoms with Gasteiger partial charge in [0.15, 0.2) is 0 Å². The summed E-state index contributed by atoms with van der Waals surface area (Å²) in [6.45, 7) is 3.27. The van der Waals surface area contributed by atoms with Gasteiger partial charge in [0.05, 0.1) is 30.7 Å². The van der Waals surface area contributed by atoms with E-state index in [-0.39, 0.29) is 55.7 Å². The van der Waals surface area contributed by atoms with Crippen molar-refractivity contribution in [1.82, 2.24) is 19.4 Å². The molecule has 4 amide bonds. The van der Waals surface area contributed by atoms with Crippen LogP contribution >= 0.6 is 11.3 Å². The fourth-order valence-electron chi connectivity index (χ4n) is 4.57. The van der Waals surface area contributed by atoms with Crippen LogP contribution in [0.1, 0.15) is 38.1 Å². The van der Waals surface area contributed by atoms with Gasteiger partial charge < -0.3 is 29.9 Å². The molecule has 1 fully saturated rings. The molecule has 0 radical (unpaired) electrons. The molecule has 2 aliphatic rings. The summed E-state index contributed by atoms with van der Waals surface area (Å²) in [6.07, 6.45) is -0.510. The molecule has 1 aromatic carbocycles. The van der Waals surface area contributed by atoms with Gasteiger partial charge in [0.25, 0.3) is 11.8 Å². The zero-order chi connectivity index (χ0) is 29.0. The predicted octanol–water partition coefficient (Wildman–Crippen LogP) is 1.95. The van der Waals surface area contributed by atoms with Crippen LogP contribution in [-0.2, 0) is 32.5 Å². The van der Waals surface area contributed by atoms with Crippen molar-refractivity contribution in [2.45, 2.75) is 24.8 Å². The quantitative estimate of drug-likeness (QED) is 0.515. The summed E-state index contributed by atoms with van der Waals surface area (Å²) in [6, 6.07) is 5.52. The van der Waals surface area contributed by atoms with Crippen molar-refractivity contribution < 1.29 is 37.1 Å². The number of nitrogens with one attached hydrogen (secondary N) is 2. The highest BCUT2D eigenvalue weighted by Gasteiger charge is 2.32. The lowest BCUT2D eigenvalue weighted by molar-refractivity contribution is 0.0932. The predicted molar refractivity (Wildman–Crippen MR) is 146 cm³/mol. The number of rotatable bonds is 6. The lowest BCUT2D eigenvalue weighted by Gasteiger charge is -2.33. The molecule has 0 unspecified atom stereocenters. The third kappa shape index (κ3) is 5.90. The fraction of sp³-hybridized carbons (Fsp3) is 0.440. The number of carbonyl (C=O) groups excluding carboxylic acids is 4. The van der Waals surface area contributed by atoms with Crippen molar-refractivity contribution >= 4 is 50.4 Å². The van der Waals surface area contributed by atoms with Crippen LogP contribution in [0.2, 0.25) is 0 Å². The highest BCUT2D eigenvalue weighted by Crippen LogP contribution is 2.37. The molecule has 0 bridgehead atoms. The van der Waals surface area contributed by atoms with Crippen LogP contribution in [0.25, 0.3) is 0 Å². The largest absolute Gasteiger partial charge is 0.453 e. The van der Waals surface area contributed by atoms with Crippen LogP contribution in [0.3, 0.4) is 0 Å². The first-order valence-electron chi connectivity index (χ1n) is 12.6. The van der Waals surface area contributed by atoms with Crippen molar-refractivity contribution in [3.63, 3.8) is 0 Å². The van der Waals surface area contributed by atoms with Gasteiger partial charge in [-0.2, -0.15) is 4.31 Å². The molecular formula is C25H31N5O8S2. The van der Waals surface area contributed by atoms with Gasteiger partial charge in [-0.15, -0.1) is 11.3 Å². The molecule has 2 N–H and O–H groups in total. The number of hydrogen-bond donors (Lipinski definition) is 2. The van der Waals surface area contributed by atoms with Gasteiger partial charge in [-0.05, 0) is 43.2 Å². The number of benzene rings is 1. The SMILES string of the molecule is CCOC(=O)N1CCN(S(=O)(=O)c2ccc(C(=O)Nc3sc4c(c3C(=O)NC)CCN(C(=O)OC)C4)cc2)CC1. The number of methoxy groups -OCH3 is 1. The van der Waals surface area contributed by atoms with Gasteiger partial charge in [0.1, 0.15) is 5.00 Å². The summed E-state index contributed by atoms with van der Waals surface area (Å²) in [4.78, 5) is 53.4. The maximum atomic E-state index is 13.1. The van der Waals surface area contributed by atoms with E-state index in [0.29, 0.717) is 23.5 Å². The van der Waals surface area contributed by atoms with Gasteiger partial charge >= 0.3 is 12.2 Å². The standard InChI is InChI=1S/C25H31N5O8S2/c1-4-38-25(34)28-11-13-30(14-12-28)40(35,36)17-7-5-16(6-8-17)21(31)27-23-20(22(32)26-2)18-9-10-29(24(33)37-3)15-19(18)39-23/h5-8H,4,9-15H2,1-3H3,(H,26,32)(H,27,31). The second kappa shape index (κ2) is 12.2. The molecule has 2 aliphatic heterocycles. The Labute approximate surface area is 236 Å². The molecule has 3 heterocycles. The Balaban J connectivity index is 1.47. The zero-order valence-electron chi connectivity index (χ0n) is 22.4. The fourth-order valence-corrected chi connectivity index (χ4v) is 7.25. The van der Waals surface area contributed by atoms with Crippen LogP contribution < -0.4 is 10.6 Å². The van der Waals surface area contributed by atoms with E-state index in [0.717, 1.165) is 10.4 Å². The highest BCUT2D eigenvalue weighted by molar-refractivity contribution is 7.89. The molecule has 40 heavy (non-hydrogen) atoms. The number of piperazine rings is 1. The van der Waals surface area contributed by atoms with Crippen LogP contribution in [0.4, 0.5) is 14.6 Å². The van der Waals surface area contributed by atoms with E-state index in [1.54, 1.807) is 6.92 Å². The first kappa shape index (κ1) is 29.3. The Morgan fingerprint density at radius 2 is 1.62 bits per heavy atom. The number of amides is 4. The van der Waals surface area contributed by atoms with Gasteiger partial charge in [-0.3, -0.25) is 9.59 Å². The van der Waals surface area contributed by atoms with Crippen molar-refractivity contribution in [2.75, 3.05) is 58.8 Å². The van der Waals surface area contributed by atoms with Crippen molar-refractivity contribution in [3.05, 3.63) is 45.8 Å². The summed E-state index contributed by atoms with van der Waals surface area (Å²) in [7, 11) is -1.03. The number of carbonyl (C=O) groups is 4. The minimum Gasteiger partial charge on any atom is -0.453 e. The van der Waals surface area contributed by atoms with E-state index < -0.39 is 28.1 Å². The average molecular weight is 594 g/mol. The highest BCUT2D eigenvalue weighted by atomic mass is 32.2. The molecule has 2 aromatic rings. The monoisotopic (exact) mass is 593 g/mol. The molecule has 1 saturated heterocycles. The summed E-state index contributed by atoms with van der Waals surface area (Å²) >= 11 is 1.21. The molecule has 0 spiro atoms. The molecule has 13 nitrogen and oxygen atoms in total. The molecule has 15 heteroatoms. The topological polar surface area (TPSA) is 155 Å². The van der Waals surface area contributed by atoms with Crippen LogP contribution in [0, 0.1) is 0 Å². The van der Waals surface area contributed by atoms with E-state index in [2.05, 4.69) is 10.6 Å². The number of sulfonamides is 1. The van der Waals surface area contributed by atoms with Crippen molar-refractivity contribution in [1.29, 1.82) is 0 Å². The van der Waals surface area contributed by atoms with E-state index in [4.69, 9.17) is 9.47 Å². The molecule has 0 saturated carbocycles. The molecule has 0 atom stereocenters. The Kier molecular flexibility index (Phi) is 8.95. The first-order valence-corrected chi connectivity index (χ1v) is 14.9. The van der Waals surface area contributed by atoms with Crippen molar-refractivity contribution in [3.8, 4) is 0 Å². The Bertz CT molecular complexity index is 1400. The van der Waals surface area contributed by atoms with Crippen LogP contribution in [-0.4, -0.2) is 100 Å². The lowest BCUT2D eigenvalue weighted by Crippen LogP contribution is -2.50. The molecular weight excluding hydrogens is 562 g/mol. The zero-order valence-corrected chi connectivity index (χ0v) is 24.0. The number of ether oxygens (including phenoxy) is 2. The third-order valence-corrected chi connectivity index (χ3v) is 9.73. The van der Waals surface area contributed by atoms with Gasteiger partial charge in [-0.1, -0.05) is 0 Å². The Hall–Kier alpha value is -3.69. The van der Waals surface area contributed by atoms with E-state index in [9.17, 15) is 27.6 Å². The Morgan fingerprint density at radius 1 is 0.950 bits per heavy atom. The number of anilines is 1. The van der Waals surface area contributed by atoms with E-state index in [1.807, 2.05) is 0 Å². The normalized spacial score (nSPS) is 15.7. The smallest absolute Gasteiger partial charge is 0.409 e. The van der Waals surface area contributed by atoms with Crippen molar-refractivity contribution in [2.24, 2.45) is 0 Å². The summed E-state index contributed by atoms with van der Waals surface area (Å²) < 4.78 is 37.3. The van der Waals surface area contributed by atoms with Crippen LogP contribution in [0.5, 0.6) is 0 Å². The number of fused-ring (bicyclic) bond motifs is 1. The van der Waals surface area contributed by atoms with E-state index >= 15 is 0 Å². The van der Waals surface area contributed by atoms with E-state index in [1.165, 1.54) is 63.9 Å². The van der Waals surface area contributed by atoms with Gasteiger partial charge in [0.2, 0.25) is 10.0 Å². The maximum absolute atomic E-state index is 13.1. The third-order valence-electron chi connectivity index (χ3n) is 6.69. The summed E-state index contributed by atoms with van der Waals surface area (Å²) in [5, 5.41) is 5.72. The first-order chi connectivity index (χ1) is 19.1. The second-order valence-electron chi connectivity index (χ2n) is 9.00. The maximum Gasteiger partial charge on any atom is 0.409 e. The molecule has 0 aliphatic carbocycles. The average Bonchev–Trinajstić information content (AvgIpc) is 3.33. The number of hydrogen-bond acceptors (Lipinski definition) is 9. The van der Waals surface area contributed by atoms with Crippen LogP contribution in [0.15, 0.2) is 29.2 Å². The van der Waals surface area contributed by atoms with Gasteiger partial charge in [0, 0.05) is 50.2 Å². The minimum atomic E-state index is -3.83. The Morgan fingerprint density at radius 3 is 2.23 bits per heavy atom. The summed E-state index contributed by atoms with van der Waals surface area (Å²) in [5.74, 6) is -0.871. The minimum absolute atomic E-state index is 0.0224. The molecule has 216 valence electrons. The number of thiophene rings is 1. The summed E-state index contributed by atoms with van der Waals surface area (Å²) in [5.41, 5.74) is 1.32. The molecule has 4 rings (SSSR count). The molecule has 1 aromatic heterocycles.